The Kier molecular flexibility index (Phi) is 4.35. The van der Waals surface area contributed by atoms with E-state index in [1.54, 1.807) is 24.3 Å². The summed E-state index contributed by atoms with van der Waals surface area (Å²) in [6.07, 6.45) is -1.47. The van der Waals surface area contributed by atoms with E-state index in [-0.39, 0.29) is 6.61 Å². The summed E-state index contributed by atoms with van der Waals surface area (Å²) in [5.41, 5.74) is 0.637. The van der Waals surface area contributed by atoms with Crippen molar-refractivity contribution in [2.75, 3.05) is 13.7 Å². The van der Waals surface area contributed by atoms with Gasteiger partial charge >= 0.3 is 0 Å². The lowest BCUT2D eigenvalue weighted by Crippen LogP contribution is -2.24. The Morgan fingerprint density at radius 3 is 2.71 bits per heavy atom. The molecule has 0 aliphatic rings. The summed E-state index contributed by atoms with van der Waals surface area (Å²) in [5.74, 6) is 0. The van der Waals surface area contributed by atoms with Gasteiger partial charge in [0.15, 0.2) is 0 Å². The van der Waals surface area contributed by atoms with Crippen LogP contribution in [-0.4, -0.2) is 30.0 Å². The third-order valence-electron chi connectivity index (χ3n) is 2.03. The van der Waals surface area contributed by atoms with Gasteiger partial charge in [-0.05, 0) is 17.7 Å². The highest BCUT2D eigenvalue weighted by Gasteiger charge is 2.19. The summed E-state index contributed by atoms with van der Waals surface area (Å²) in [6.45, 7) is -0.232. The summed E-state index contributed by atoms with van der Waals surface area (Å²) in [6, 6.07) is 6.84. The number of aliphatic hydroxyl groups is 2. The zero-order valence-corrected chi connectivity index (χ0v) is 8.61. The average Bonchev–Trinajstić information content (AvgIpc) is 2.19. The molecule has 0 heterocycles. The molecule has 4 heteroatoms. The van der Waals surface area contributed by atoms with Crippen molar-refractivity contribution in [3.8, 4) is 0 Å². The molecule has 0 spiro atoms. The second-order valence-electron chi connectivity index (χ2n) is 2.96. The number of methoxy groups -OCH3 is 1. The van der Waals surface area contributed by atoms with Crippen molar-refractivity contribution in [3.63, 3.8) is 0 Å². The van der Waals surface area contributed by atoms with Gasteiger partial charge in [0, 0.05) is 12.1 Å². The minimum Gasteiger partial charge on any atom is -0.394 e. The van der Waals surface area contributed by atoms with Gasteiger partial charge in [-0.2, -0.15) is 0 Å². The zero-order chi connectivity index (χ0) is 10.6. The number of aliphatic hydroxyl groups excluding tert-OH is 2. The summed E-state index contributed by atoms with van der Waals surface area (Å²) >= 11 is 5.77. The summed E-state index contributed by atoms with van der Waals surface area (Å²) in [7, 11) is 1.44. The molecule has 14 heavy (non-hydrogen) atoms. The number of halogens is 1. The first-order valence-electron chi connectivity index (χ1n) is 4.26. The van der Waals surface area contributed by atoms with Crippen LogP contribution in [-0.2, 0) is 4.74 Å². The Balaban J connectivity index is 2.82. The molecule has 78 valence electrons. The number of benzene rings is 1. The highest BCUT2D eigenvalue weighted by Crippen LogP contribution is 2.21. The number of hydrogen-bond acceptors (Lipinski definition) is 3. The summed E-state index contributed by atoms with van der Waals surface area (Å²) < 4.78 is 4.91. The second-order valence-corrected chi connectivity index (χ2v) is 3.39. The van der Waals surface area contributed by atoms with E-state index in [2.05, 4.69) is 0 Å². The van der Waals surface area contributed by atoms with E-state index in [0.717, 1.165) is 0 Å². The molecule has 0 bridgehead atoms. The van der Waals surface area contributed by atoms with Gasteiger partial charge in [0.25, 0.3) is 0 Å². The molecule has 0 aliphatic heterocycles. The highest BCUT2D eigenvalue weighted by atomic mass is 35.5. The molecule has 0 amide bonds. The van der Waals surface area contributed by atoms with Crippen molar-refractivity contribution < 1.29 is 14.9 Å². The molecule has 0 aliphatic carbocycles. The molecule has 0 aromatic heterocycles. The predicted octanol–water partition coefficient (Wildman–Crippen LogP) is 1.38. The SMILES string of the molecule is CO[C@@H](CO)[C@@H](O)c1cccc(Cl)c1. The maximum Gasteiger partial charge on any atom is 0.110 e. The highest BCUT2D eigenvalue weighted by molar-refractivity contribution is 6.30. The molecule has 0 fully saturated rings. The Hall–Kier alpha value is -0.610. The minimum absolute atomic E-state index is 0.232. The van der Waals surface area contributed by atoms with Crippen LogP contribution < -0.4 is 0 Å². The van der Waals surface area contributed by atoms with E-state index in [9.17, 15) is 5.11 Å². The van der Waals surface area contributed by atoms with Gasteiger partial charge in [0.2, 0.25) is 0 Å². The number of rotatable bonds is 4. The van der Waals surface area contributed by atoms with Crippen LogP contribution >= 0.6 is 11.6 Å². The van der Waals surface area contributed by atoms with Crippen LogP contribution in [0.4, 0.5) is 0 Å². The molecule has 0 saturated heterocycles. The van der Waals surface area contributed by atoms with E-state index >= 15 is 0 Å². The minimum atomic E-state index is -0.858. The van der Waals surface area contributed by atoms with Crippen LogP contribution in [0.3, 0.4) is 0 Å². The van der Waals surface area contributed by atoms with E-state index < -0.39 is 12.2 Å². The molecule has 0 saturated carbocycles. The van der Waals surface area contributed by atoms with Gasteiger partial charge in [-0.1, -0.05) is 23.7 Å². The molecule has 1 aromatic carbocycles. The Morgan fingerprint density at radius 1 is 1.50 bits per heavy atom. The Bertz CT molecular complexity index is 286. The standard InChI is InChI=1S/C10H13ClO3/c1-14-9(6-12)10(13)7-3-2-4-8(11)5-7/h2-5,9-10,12-13H,6H2,1H3/t9-,10-/m0/s1. The zero-order valence-electron chi connectivity index (χ0n) is 7.85. The van der Waals surface area contributed by atoms with Crippen molar-refractivity contribution in [3.05, 3.63) is 34.9 Å². The van der Waals surface area contributed by atoms with Gasteiger partial charge in [-0.3, -0.25) is 0 Å². The smallest absolute Gasteiger partial charge is 0.110 e. The predicted molar refractivity (Wildman–Crippen MR) is 54.3 cm³/mol. The topological polar surface area (TPSA) is 49.7 Å². The van der Waals surface area contributed by atoms with E-state index in [1.807, 2.05) is 0 Å². The van der Waals surface area contributed by atoms with Crippen LogP contribution in [0.5, 0.6) is 0 Å². The molecular weight excluding hydrogens is 204 g/mol. The normalized spacial score (nSPS) is 15.1. The first-order chi connectivity index (χ1) is 6.69. The van der Waals surface area contributed by atoms with Crippen LogP contribution in [0.1, 0.15) is 11.7 Å². The molecule has 1 rings (SSSR count). The van der Waals surface area contributed by atoms with Crippen molar-refractivity contribution in [1.29, 1.82) is 0 Å². The number of ether oxygens (including phenoxy) is 1. The lowest BCUT2D eigenvalue weighted by molar-refractivity contribution is -0.0424. The van der Waals surface area contributed by atoms with Gasteiger partial charge in [-0.15, -0.1) is 0 Å². The fraction of sp³-hybridized carbons (Fsp3) is 0.400. The van der Waals surface area contributed by atoms with Crippen LogP contribution in [0.15, 0.2) is 24.3 Å². The van der Waals surface area contributed by atoms with Gasteiger partial charge in [-0.25, -0.2) is 0 Å². The first kappa shape index (κ1) is 11.5. The fourth-order valence-electron chi connectivity index (χ4n) is 1.21. The third kappa shape index (κ3) is 2.69. The van der Waals surface area contributed by atoms with E-state index in [4.69, 9.17) is 21.4 Å². The van der Waals surface area contributed by atoms with Crippen molar-refractivity contribution >= 4 is 11.6 Å². The average molecular weight is 217 g/mol. The molecule has 0 unspecified atom stereocenters. The van der Waals surface area contributed by atoms with Crippen molar-refractivity contribution in [1.82, 2.24) is 0 Å². The fourth-order valence-corrected chi connectivity index (χ4v) is 1.41. The largest absolute Gasteiger partial charge is 0.394 e. The molecule has 2 atom stereocenters. The Labute approximate surface area is 87.9 Å². The quantitative estimate of drug-likeness (QED) is 0.800. The molecular formula is C10H13ClO3. The maximum atomic E-state index is 9.76. The van der Waals surface area contributed by atoms with Crippen molar-refractivity contribution in [2.45, 2.75) is 12.2 Å². The lowest BCUT2D eigenvalue weighted by Gasteiger charge is -2.19. The lowest BCUT2D eigenvalue weighted by atomic mass is 10.1. The number of hydrogen-bond donors (Lipinski definition) is 2. The Morgan fingerprint density at radius 2 is 2.21 bits per heavy atom. The summed E-state index contributed by atoms with van der Waals surface area (Å²) in [4.78, 5) is 0. The monoisotopic (exact) mass is 216 g/mol. The molecule has 0 radical (unpaired) electrons. The van der Waals surface area contributed by atoms with Gasteiger partial charge in [0.05, 0.1) is 6.61 Å². The second kappa shape index (κ2) is 5.32. The van der Waals surface area contributed by atoms with Crippen LogP contribution in [0, 0.1) is 0 Å². The molecule has 1 aromatic rings. The van der Waals surface area contributed by atoms with Gasteiger partial charge in [0.1, 0.15) is 12.2 Å². The van der Waals surface area contributed by atoms with Crippen LogP contribution in [0.25, 0.3) is 0 Å². The maximum absolute atomic E-state index is 9.76. The van der Waals surface area contributed by atoms with Gasteiger partial charge < -0.3 is 14.9 Å². The van der Waals surface area contributed by atoms with E-state index in [0.29, 0.717) is 10.6 Å². The summed E-state index contributed by atoms with van der Waals surface area (Å²) in [5, 5.41) is 19.2. The van der Waals surface area contributed by atoms with Crippen LogP contribution in [0.2, 0.25) is 5.02 Å². The first-order valence-corrected chi connectivity index (χ1v) is 4.64. The van der Waals surface area contributed by atoms with E-state index in [1.165, 1.54) is 7.11 Å². The molecule has 2 N–H and O–H groups in total. The molecule has 3 nitrogen and oxygen atoms in total. The third-order valence-corrected chi connectivity index (χ3v) is 2.26. The van der Waals surface area contributed by atoms with Crippen molar-refractivity contribution in [2.24, 2.45) is 0 Å².